The molecular formula is C31H41FN8O3Si. The number of hydrogen-bond donors (Lipinski definition) is 2. The van der Waals surface area contributed by atoms with Gasteiger partial charge in [-0.05, 0) is 49.2 Å². The molecule has 234 valence electrons. The standard InChI is InChI=1S/C31H41FN8O3Si/c1-31(2,3)44(4,5)43-19-22-18-38(14-15-39(22)30(41)42)21-10-11-25(34-16-21)36-29-35-17-24-23-12-13-33-27(32)26(23)40(28(24)37-29)20-8-6-7-9-20/h10-13,16-17,20,22H,6-9,14-15,18-19H2,1-5H3,(H,41,42)(H,34,35,36,37)/t22-/m1/s1. The molecule has 0 spiro atoms. The number of carbonyl (C=O) groups is 1. The topological polar surface area (TPSA) is 122 Å². The second-order valence-electron chi connectivity index (χ2n) is 13.4. The highest BCUT2D eigenvalue weighted by Crippen LogP contribution is 2.39. The molecule has 1 amide bonds. The lowest BCUT2D eigenvalue weighted by Crippen LogP contribution is -2.58. The van der Waals surface area contributed by atoms with Crippen molar-refractivity contribution in [2.24, 2.45) is 0 Å². The summed E-state index contributed by atoms with van der Waals surface area (Å²) in [5.41, 5.74) is 2.08. The van der Waals surface area contributed by atoms with E-state index in [0.717, 1.165) is 42.1 Å². The minimum atomic E-state index is -2.03. The Labute approximate surface area is 257 Å². The summed E-state index contributed by atoms with van der Waals surface area (Å²) in [5, 5.41) is 14.7. The number of halogens is 1. The van der Waals surface area contributed by atoms with E-state index in [1.807, 2.05) is 22.8 Å². The van der Waals surface area contributed by atoms with Gasteiger partial charge in [0.05, 0.1) is 24.5 Å². The highest BCUT2D eigenvalue weighted by molar-refractivity contribution is 6.74. The van der Waals surface area contributed by atoms with Gasteiger partial charge in [-0.3, -0.25) is 4.90 Å². The first-order valence-corrected chi connectivity index (χ1v) is 18.3. The van der Waals surface area contributed by atoms with Gasteiger partial charge < -0.3 is 24.3 Å². The molecule has 11 nitrogen and oxygen atoms in total. The fourth-order valence-electron chi connectivity index (χ4n) is 6.07. The van der Waals surface area contributed by atoms with E-state index in [4.69, 9.17) is 9.41 Å². The van der Waals surface area contributed by atoms with Crippen LogP contribution in [0.2, 0.25) is 18.1 Å². The maximum Gasteiger partial charge on any atom is 0.407 e. The third-order valence-corrected chi connectivity index (χ3v) is 14.1. The summed E-state index contributed by atoms with van der Waals surface area (Å²) in [4.78, 5) is 33.5. The molecule has 4 aromatic heterocycles. The average Bonchev–Trinajstić information content (AvgIpc) is 3.62. The Morgan fingerprint density at radius 1 is 1.09 bits per heavy atom. The maximum atomic E-state index is 15.0. The second-order valence-corrected chi connectivity index (χ2v) is 18.2. The van der Waals surface area contributed by atoms with Gasteiger partial charge in [-0.15, -0.1) is 0 Å². The normalized spacial score (nSPS) is 18.5. The monoisotopic (exact) mass is 620 g/mol. The van der Waals surface area contributed by atoms with E-state index in [1.54, 1.807) is 12.4 Å². The van der Waals surface area contributed by atoms with Gasteiger partial charge in [0.1, 0.15) is 17.0 Å². The Balaban J connectivity index is 1.20. The molecule has 4 aromatic rings. The van der Waals surface area contributed by atoms with Gasteiger partial charge in [0.15, 0.2) is 8.32 Å². The number of nitrogens with one attached hydrogen (secondary N) is 1. The van der Waals surface area contributed by atoms with Crippen molar-refractivity contribution in [3.63, 3.8) is 0 Å². The number of amides is 1. The first-order valence-electron chi connectivity index (χ1n) is 15.4. The largest absolute Gasteiger partial charge is 0.465 e. The minimum Gasteiger partial charge on any atom is -0.465 e. The number of piperazine rings is 1. The molecule has 2 aliphatic rings. The van der Waals surface area contributed by atoms with Gasteiger partial charge in [0.25, 0.3) is 0 Å². The van der Waals surface area contributed by atoms with Gasteiger partial charge in [-0.1, -0.05) is 33.6 Å². The number of nitrogens with zero attached hydrogens (tertiary/aromatic N) is 7. The summed E-state index contributed by atoms with van der Waals surface area (Å²) in [6, 6.07) is 5.55. The van der Waals surface area contributed by atoms with Crippen LogP contribution in [0, 0.1) is 5.95 Å². The zero-order chi connectivity index (χ0) is 31.2. The SMILES string of the molecule is CC(C)(C)[Si](C)(C)OC[C@H]1CN(c2ccc(Nc3ncc4c5ccnc(F)c5n(C5CCCC5)c4n3)nc2)CCN1C(=O)O. The van der Waals surface area contributed by atoms with Gasteiger partial charge in [-0.25, -0.2) is 19.7 Å². The van der Waals surface area contributed by atoms with Crippen molar-refractivity contribution >= 4 is 53.8 Å². The molecular weight excluding hydrogens is 579 g/mol. The highest BCUT2D eigenvalue weighted by Gasteiger charge is 2.39. The zero-order valence-corrected chi connectivity index (χ0v) is 27.0. The van der Waals surface area contributed by atoms with Crippen LogP contribution < -0.4 is 10.2 Å². The smallest absolute Gasteiger partial charge is 0.407 e. The summed E-state index contributed by atoms with van der Waals surface area (Å²) >= 11 is 0. The number of aromatic nitrogens is 5. The molecule has 6 rings (SSSR count). The molecule has 2 fully saturated rings. The Kier molecular flexibility index (Phi) is 7.95. The number of rotatable bonds is 7. The predicted molar refractivity (Wildman–Crippen MR) is 172 cm³/mol. The summed E-state index contributed by atoms with van der Waals surface area (Å²) in [6.07, 6.45) is 8.25. The van der Waals surface area contributed by atoms with Gasteiger partial charge in [-0.2, -0.15) is 9.37 Å². The van der Waals surface area contributed by atoms with Crippen molar-refractivity contribution in [2.45, 2.75) is 76.7 Å². The molecule has 0 aromatic carbocycles. The van der Waals surface area contributed by atoms with Crippen LogP contribution in [0.5, 0.6) is 0 Å². The third-order valence-electron chi connectivity index (χ3n) is 9.62. The molecule has 44 heavy (non-hydrogen) atoms. The Morgan fingerprint density at radius 2 is 1.86 bits per heavy atom. The van der Waals surface area contributed by atoms with Crippen molar-refractivity contribution in [2.75, 3.05) is 36.5 Å². The number of pyridine rings is 2. The van der Waals surface area contributed by atoms with Crippen molar-refractivity contribution in [1.29, 1.82) is 0 Å². The predicted octanol–water partition coefficient (Wildman–Crippen LogP) is 6.56. The van der Waals surface area contributed by atoms with Crippen LogP contribution in [-0.2, 0) is 4.43 Å². The number of fused-ring (bicyclic) bond motifs is 3. The molecule has 1 aliphatic carbocycles. The minimum absolute atomic E-state index is 0.0386. The molecule has 1 saturated heterocycles. The van der Waals surface area contributed by atoms with E-state index in [9.17, 15) is 14.3 Å². The van der Waals surface area contributed by atoms with Crippen LogP contribution in [0.4, 0.5) is 26.6 Å². The molecule has 5 heterocycles. The lowest BCUT2D eigenvalue weighted by Gasteiger charge is -2.43. The Morgan fingerprint density at radius 3 is 2.55 bits per heavy atom. The summed E-state index contributed by atoms with van der Waals surface area (Å²) in [5.74, 6) is 0.467. The van der Waals surface area contributed by atoms with E-state index in [2.05, 4.69) is 59.0 Å². The van der Waals surface area contributed by atoms with E-state index >= 15 is 0 Å². The molecule has 0 radical (unpaired) electrons. The van der Waals surface area contributed by atoms with E-state index in [-0.39, 0.29) is 17.1 Å². The van der Waals surface area contributed by atoms with Crippen molar-refractivity contribution in [3.8, 4) is 0 Å². The van der Waals surface area contributed by atoms with Crippen LogP contribution in [0.3, 0.4) is 0 Å². The molecule has 1 atom stereocenters. The third kappa shape index (κ3) is 5.70. The van der Waals surface area contributed by atoms with Crippen LogP contribution in [0.15, 0.2) is 36.8 Å². The lowest BCUT2D eigenvalue weighted by molar-refractivity contribution is 0.0933. The molecule has 1 aliphatic heterocycles. The lowest BCUT2D eigenvalue weighted by atomic mass is 10.1. The molecule has 0 unspecified atom stereocenters. The quantitative estimate of drug-likeness (QED) is 0.175. The van der Waals surface area contributed by atoms with E-state index < -0.39 is 20.4 Å². The van der Waals surface area contributed by atoms with Crippen molar-refractivity contribution in [3.05, 3.63) is 42.7 Å². The second kappa shape index (κ2) is 11.6. The molecule has 0 bridgehead atoms. The van der Waals surface area contributed by atoms with E-state index in [0.29, 0.717) is 49.2 Å². The fraction of sp³-hybridized carbons (Fsp3) is 0.516. The van der Waals surface area contributed by atoms with Crippen LogP contribution in [-0.4, -0.2) is 81.2 Å². The maximum absolute atomic E-state index is 15.0. The summed E-state index contributed by atoms with van der Waals surface area (Å²) < 4.78 is 23.4. The number of anilines is 3. The average molecular weight is 621 g/mol. The van der Waals surface area contributed by atoms with Crippen LogP contribution >= 0.6 is 0 Å². The molecule has 2 N–H and O–H groups in total. The zero-order valence-electron chi connectivity index (χ0n) is 26.0. The van der Waals surface area contributed by atoms with Crippen molar-refractivity contribution < 1.29 is 18.7 Å². The fourth-order valence-corrected chi connectivity index (χ4v) is 7.11. The van der Waals surface area contributed by atoms with Crippen LogP contribution in [0.1, 0.15) is 52.5 Å². The van der Waals surface area contributed by atoms with Gasteiger partial charge >= 0.3 is 6.09 Å². The molecule has 13 heteroatoms. The first kappa shape index (κ1) is 30.2. The number of hydrogen-bond acceptors (Lipinski definition) is 8. The summed E-state index contributed by atoms with van der Waals surface area (Å²) in [7, 11) is -2.03. The van der Waals surface area contributed by atoms with Crippen molar-refractivity contribution in [1.82, 2.24) is 29.4 Å². The Bertz CT molecular complexity index is 1670. The first-order chi connectivity index (χ1) is 20.9. The van der Waals surface area contributed by atoms with E-state index in [1.165, 1.54) is 11.1 Å². The number of carboxylic acid groups (broad SMARTS) is 1. The molecule has 1 saturated carbocycles. The highest BCUT2D eigenvalue weighted by atomic mass is 28.4. The van der Waals surface area contributed by atoms with Gasteiger partial charge in [0.2, 0.25) is 11.9 Å². The summed E-state index contributed by atoms with van der Waals surface area (Å²) in [6.45, 7) is 12.7. The Hall–Kier alpha value is -3.84. The van der Waals surface area contributed by atoms with Gasteiger partial charge in [0, 0.05) is 48.8 Å². The van der Waals surface area contributed by atoms with Crippen LogP contribution in [0.25, 0.3) is 21.9 Å².